The number of thiophene rings is 1. The molecule has 0 bridgehead atoms. The van der Waals surface area contributed by atoms with Crippen LogP contribution in [-0.4, -0.2) is 40.6 Å². The Labute approximate surface area is 174 Å². The summed E-state index contributed by atoms with van der Waals surface area (Å²) in [4.78, 5) is 19.8. The number of morpholine rings is 1. The summed E-state index contributed by atoms with van der Waals surface area (Å²) in [6.07, 6.45) is -5.11. The molecule has 3 aromatic rings. The third-order valence-electron chi connectivity index (χ3n) is 5.03. The van der Waals surface area contributed by atoms with E-state index in [2.05, 4.69) is 10.1 Å². The van der Waals surface area contributed by atoms with Gasteiger partial charge in [0.1, 0.15) is 0 Å². The Kier molecular flexibility index (Phi) is 5.37. The number of nitrogens with zero attached hydrogens (tertiary/aromatic N) is 3. The molecule has 1 aliphatic rings. The van der Waals surface area contributed by atoms with Gasteiger partial charge in [0.2, 0.25) is 5.82 Å². The first-order valence-corrected chi connectivity index (χ1v) is 10.1. The van der Waals surface area contributed by atoms with Crippen molar-refractivity contribution in [3.63, 3.8) is 0 Å². The van der Waals surface area contributed by atoms with Crippen molar-refractivity contribution in [1.82, 2.24) is 15.0 Å². The summed E-state index contributed by atoms with van der Waals surface area (Å²) in [6, 6.07) is 4.71. The first-order valence-electron chi connectivity index (χ1n) is 9.21. The average molecular weight is 437 g/mol. The highest BCUT2D eigenvalue weighted by Gasteiger charge is 2.32. The molecule has 0 N–H and O–H groups in total. The second-order valence-corrected chi connectivity index (χ2v) is 8.06. The van der Waals surface area contributed by atoms with Crippen molar-refractivity contribution < 1.29 is 27.2 Å². The van der Waals surface area contributed by atoms with Gasteiger partial charge in [-0.1, -0.05) is 17.3 Å². The molecule has 0 saturated carbocycles. The highest BCUT2D eigenvalue weighted by Crippen LogP contribution is 2.32. The Bertz CT molecular complexity index is 1080. The maximum atomic E-state index is 12.9. The topological polar surface area (TPSA) is 68.5 Å². The van der Waals surface area contributed by atoms with E-state index in [0.717, 1.165) is 22.6 Å². The molecule has 0 aliphatic carbocycles. The number of amides is 1. The van der Waals surface area contributed by atoms with Gasteiger partial charge in [-0.3, -0.25) is 4.79 Å². The van der Waals surface area contributed by atoms with E-state index in [0.29, 0.717) is 18.7 Å². The number of aryl methyl sites for hydroxylation is 1. The fourth-order valence-electron chi connectivity index (χ4n) is 3.20. The Morgan fingerprint density at radius 2 is 2.10 bits per heavy atom. The van der Waals surface area contributed by atoms with E-state index in [1.807, 2.05) is 19.2 Å². The molecular formula is C20H18F3N3O3S. The van der Waals surface area contributed by atoms with E-state index in [9.17, 15) is 18.0 Å². The van der Waals surface area contributed by atoms with E-state index in [1.54, 1.807) is 4.90 Å². The molecular weight excluding hydrogens is 419 g/mol. The van der Waals surface area contributed by atoms with E-state index < -0.39 is 17.8 Å². The van der Waals surface area contributed by atoms with Crippen LogP contribution in [0.15, 0.2) is 34.2 Å². The lowest BCUT2D eigenvalue weighted by Crippen LogP contribution is -2.42. The molecule has 10 heteroatoms. The van der Waals surface area contributed by atoms with Crippen LogP contribution in [0.25, 0.3) is 11.4 Å². The van der Waals surface area contributed by atoms with Crippen LogP contribution in [-0.2, 0) is 10.9 Å². The quantitative estimate of drug-likeness (QED) is 0.597. The predicted molar refractivity (Wildman–Crippen MR) is 103 cm³/mol. The highest BCUT2D eigenvalue weighted by atomic mass is 32.1. The number of alkyl halides is 3. The molecule has 1 aliphatic heterocycles. The molecule has 30 heavy (non-hydrogen) atoms. The van der Waals surface area contributed by atoms with Gasteiger partial charge in [-0.2, -0.15) is 18.2 Å². The molecule has 4 rings (SSSR count). The van der Waals surface area contributed by atoms with Crippen LogP contribution < -0.4 is 0 Å². The van der Waals surface area contributed by atoms with Gasteiger partial charge in [0.05, 0.1) is 24.3 Å². The van der Waals surface area contributed by atoms with Crippen LogP contribution >= 0.6 is 11.3 Å². The van der Waals surface area contributed by atoms with E-state index in [-0.39, 0.29) is 29.7 Å². The van der Waals surface area contributed by atoms with Crippen molar-refractivity contribution >= 4 is 17.2 Å². The number of carbonyl (C=O) groups is 1. The molecule has 1 amide bonds. The lowest BCUT2D eigenvalue weighted by atomic mass is 10.1. The average Bonchev–Trinajstić information content (AvgIpc) is 3.35. The van der Waals surface area contributed by atoms with Crippen molar-refractivity contribution in [3.05, 3.63) is 57.1 Å². The maximum Gasteiger partial charge on any atom is 0.416 e. The van der Waals surface area contributed by atoms with Crippen molar-refractivity contribution in [2.75, 3.05) is 19.7 Å². The molecule has 0 radical (unpaired) electrons. The van der Waals surface area contributed by atoms with Gasteiger partial charge in [-0.25, -0.2) is 0 Å². The molecule has 2 aromatic heterocycles. The normalized spacial score (nSPS) is 17.4. The number of hydrogen-bond acceptors (Lipinski definition) is 6. The number of rotatable bonds is 3. The molecule has 1 atom stereocenters. The van der Waals surface area contributed by atoms with Gasteiger partial charge < -0.3 is 14.2 Å². The van der Waals surface area contributed by atoms with Crippen molar-refractivity contribution in [3.8, 4) is 11.4 Å². The van der Waals surface area contributed by atoms with Crippen LogP contribution in [0, 0.1) is 13.8 Å². The summed E-state index contributed by atoms with van der Waals surface area (Å²) in [6.45, 7) is 4.82. The summed E-state index contributed by atoms with van der Waals surface area (Å²) in [5, 5.41) is 5.64. The van der Waals surface area contributed by atoms with Gasteiger partial charge in [0, 0.05) is 22.4 Å². The zero-order valence-corrected chi connectivity index (χ0v) is 17.0. The number of ether oxygens (including phenoxy) is 1. The standard InChI is InChI=1S/C20H18F3N3O3S/c1-11-12(2)30-10-15(11)19(27)26-6-7-28-16(9-26)18-24-17(25-29-18)13-4-3-5-14(8-13)20(21,22)23/h3-5,8,10,16H,6-7,9H2,1-2H3. The number of benzene rings is 1. The largest absolute Gasteiger partial charge is 0.416 e. The summed E-state index contributed by atoms with van der Waals surface area (Å²) in [7, 11) is 0. The Hall–Kier alpha value is -2.72. The smallest absolute Gasteiger partial charge is 0.365 e. The van der Waals surface area contributed by atoms with Crippen LogP contribution in [0.2, 0.25) is 0 Å². The van der Waals surface area contributed by atoms with Crippen molar-refractivity contribution in [2.24, 2.45) is 0 Å². The number of hydrogen-bond donors (Lipinski definition) is 0. The summed E-state index contributed by atoms with van der Waals surface area (Å²) in [5.74, 6) is 0.0633. The summed E-state index contributed by atoms with van der Waals surface area (Å²) >= 11 is 1.52. The molecule has 0 spiro atoms. The SMILES string of the molecule is Cc1scc(C(=O)N2CCOC(c3nc(-c4cccc(C(F)(F)F)c4)no3)C2)c1C. The second-order valence-electron chi connectivity index (χ2n) is 6.98. The van der Waals surface area contributed by atoms with E-state index in [4.69, 9.17) is 9.26 Å². The van der Waals surface area contributed by atoms with Crippen molar-refractivity contribution in [1.29, 1.82) is 0 Å². The van der Waals surface area contributed by atoms with Gasteiger partial charge in [0.15, 0.2) is 6.10 Å². The molecule has 3 heterocycles. The number of carbonyl (C=O) groups excluding carboxylic acids is 1. The fourth-order valence-corrected chi connectivity index (χ4v) is 4.05. The number of aromatic nitrogens is 2. The first kappa shape index (κ1) is 20.5. The third-order valence-corrected chi connectivity index (χ3v) is 6.05. The zero-order chi connectivity index (χ0) is 21.5. The van der Waals surface area contributed by atoms with Gasteiger partial charge in [0.25, 0.3) is 11.8 Å². The van der Waals surface area contributed by atoms with Gasteiger partial charge in [-0.15, -0.1) is 11.3 Å². The Morgan fingerprint density at radius 1 is 1.30 bits per heavy atom. The Morgan fingerprint density at radius 3 is 2.80 bits per heavy atom. The predicted octanol–water partition coefficient (Wildman–Crippen LogP) is 4.65. The lowest BCUT2D eigenvalue weighted by molar-refractivity contribution is -0.137. The summed E-state index contributed by atoms with van der Waals surface area (Å²) < 4.78 is 49.8. The third kappa shape index (κ3) is 3.97. The molecule has 1 saturated heterocycles. The first-order chi connectivity index (χ1) is 14.2. The monoisotopic (exact) mass is 437 g/mol. The second kappa shape index (κ2) is 7.84. The molecule has 1 fully saturated rings. The summed E-state index contributed by atoms with van der Waals surface area (Å²) in [5.41, 5.74) is 1.01. The van der Waals surface area contributed by atoms with Crippen molar-refractivity contribution in [2.45, 2.75) is 26.1 Å². The zero-order valence-electron chi connectivity index (χ0n) is 16.2. The molecule has 6 nitrogen and oxygen atoms in total. The fraction of sp³-hybridized carbons (Fsp3) is 0.350. The minimum absolute atomic E-state index is 0.0347. The van der Waals surface area contributed by atoms with E-state index >= 15 is 0 Å². The Balaban J connectivity index is 1.52. The molecule has 1 aromatic carbocycles. The van der Waals surface area contributed by atoms with Crippen LogP contribution in [0.4, 0.5) is 13.2 Å². The minimum Gasteiger partial charge on any atom is -0.365 e. The lowest BCUT2D eigenvalue weighted by Gasteiger charge is -2.31. The van der Waals surface area contributed by atoms with E-state index in [1.165, 1.54) is 23.5 Å². The highest BCUT2D eigenvalue weighted by molar-refractivity contribution is 7.10. The van der Waals surface area contributed by atoms with Gasteiger partial charge >= 0.3 is 6.18 Å². The minimum atomic E-state index is -4.46. The molecule has 1 unspecified atom stereocenters. The number of halogens is 3. The van der Waals surface area contributed by atoms with Gasteiger partial charge in [-0.05, 0) is 31.5 Å². The molecule has 158 valence electrons. The van der Waals surface area contributed by atoms with Crippen LogP contribution in [0.3, 0.4) is 0 Å². The maximum absolute atomic E-state index is 12.9. The van der Waals surface area contributed by atoms with Crippen LogP contribution in [0.5, 0.6) is 0 Å². The van der Waals surface area contributed by atoms with Crippen LogP contribution in [0.1, 0.15) is 38.4 Å².